The summed E-state index contributed by atoms with van der Waals surface area (Å²) < 4.78 is 96.9. The summed E-state index contributed by atoms with van der Waals surface area (Å²) in [5, 5.41) is 11.0. The summed E-state index contributed by atoms with van der Waals surface area (Å²) in [4.78, 5) is 32.8. The highest BCUT2D eigenvalue weighted by Gasteiger charge is 2.57. The highest BCUT2D eigenvalue weighted by molar-refractivity contribution is 7.84. The number of aliphatic hydroxyl groups is 1. The number of unbranched alkanes of at least 4 members (excludes halogenated alkanes) is 6. The molecule has 0 spiro atoms. The van der Waals surface area contributed by atoms with Gasteiger partial charge in [0.25, 0.3) is 0 Å². The van der Waals surface area contributed by atoms with Crippen LogP contribution >= 0.6 is 7.82 Å². The molecule has 0 radical (unpaired) electrons. The minimum absolute atomic E-state index is 0.0754. The molecule has 3 N–H and O–H groups in total. The highest BCUT2D eigenvalue weighted by atomic mass is 32.2. The molecule has 1 aliphatic heterocycles. The Bertz CT molecular complexity index is 1490. The Kier molecular flexibility index (Phi) is 14.7. The van der Waals surface area contributed by atoms with Gasteiger partial charge in [0.1, 0.15) is 5.75 Å². The molecule has 7 unspecified atom stereocenters. The first-order valence-electron chi connectivity index (χ1n) is 19.7. The molecule has 4 aliphatic rings. The molecule has 1 heterocycles. The summed E-state index contributed by atoms with van der Waals surface area (Å²) in [6.45, 7) is 2.82. The Morgan fingerprint density at radius 2 is 1.59 bits per heavy atom. The number of likely N-dealkylation sites (tertiary alicyclic amines) is 1. The molecule has 3 aliphatic carbocycles. The largest absolute Gasteiger partial charge is 0.469 e. The van der Waals surface area contributed by atoms with Gasteiger partial charge >= 0.3 is 26.0 Å². The molecule has 54 heavy (non-hydrogen) atoms. The van der Waals surface area contributed by atoms with E-state index in [2.05, 4.69) is 13.0 Å². The molecule has 0 bridgehead atoms. The van der Waals surface area contributed by atoms with Crippen LogP contribution in [-0.4, -0.2) is 79.0 Å². The zero-order valence-corrected chi connectivity index (χ0v) is 32.8. The number of rotatable bonds is 17. The van der Waals surface area contributed by atoms with E-state index in [0.29, 0.717) is 54.4 Å². The van der Waals surface area contributed by atoms with Crippen LogP contribution in [0.15, 0.2) is 18.2 Å². The average Bonchev–Trinajstić information content (AvgIpc) is 3.39. The first-order valence-corrected chi connectivity index (χ1v) is 22.7. The number of aliphatic hydroxyl groups excluding tert-OH is 1. The second-order valence-corrected chi connectivity index (χ2v) is 19.2. The lowest BCUT2D eigenvalue weighted by Crippen LogP contribution is -2.47. The predicted octanol–water partition coefficient (Wildman–Crippen LogP) is 9.05. The quantitative estimate of drug-likeness (QED) is 0.0807. The molecule has 2 saturated carbocycles. The van der Waals surface area contributed by atoms with Crippen LogP contribution in [0.3, 0.4) is 0 Å². The van der Waals surface area contributed by atoms with Crippen molar-refractivity contribution in [3.05, 3.63) is 29.3 Å². The van der Waals surface area contributed by atoms with Crippen molar-refractivity contribution in [3.8, 4) is 5.75 Å². The summed E-state index contributed by atoms with van der Waals surface area (Å²) in [5.74, 6) is -2.36. The second-order valence-electron chi connectivity index (χ2n) is 16.3. The summed E-state index contributed by atoms with van der Waals surface area (Å²) >= 11 is 0. The number of benzene rings is 1. The van der Waals surface area contributed by atoms with E-state index in [-0.39, 0.29) is 30.4 Å². The van der Waals surface area contributed by atoms with Gasteiger partial charge in [-0.25, -0.2) is 9.36 Å². The van der Waals surface area contributed by atoms with Crippen LogP contribution in [0.1, 0.15) is 127 Å². The standard InChI is InChI=1S/C38H57F5NO8PS/c1-36-19-15-31-30-12-11-29(51-35(46)44-20-16-28(17-21-44)52-53(47,48)49)25-27(30)24-26(34(31)32(36)13-14-33(36)45)10-7-5-3-2-4-6-8-22-54(50)23-9-18-37(39,40)38(41,42)43/h11-12,25-26,28,31-34,45H,2-10,13-24H2,1H3,(H2,47,48,49). The molecule has 9 nitrogen and oxygen atoms in total. The predicted molar refractivity (Wildman–Crippen MR) is 195 cm³/mol. The third-order valence-corrected chi connectivity index (χ3v) is 14.8. The van der Waals surface area contributed by atoms with Crippen molar-refractivity contribution in [2.75, 3.05) is 24.6 Å². The Balaban J connectivity index is 1.09. The summed E-state index contributed by atoms with van der Waals surface area (Å²) in [7, 11) is -5.99. The number of piperidine rings is 1. The molecule has 5 rings (SSSR count). The Labute approximate surface area is 317 Å². The number of phosphoric ester groups is 1. The van der Waals surface area contributed by atoms with Crippen molar-refractivity contribution in [1.82, 2.24) is 4.90 Å². The first-order chi connectivity index (χ1) is 25.4. The molecular weight excluding hydrogens is 756 g/mol. The maximum Gasteiger partial charge on any atom is 0.469 e. The number of carbonyl (C=O) groups excluding carboxylic acids is 1. The first kappa shape index (κ1) is 43.5. The summed E-state index contributed by atoms with van der Waals surface area (Å²) in [6, 6.07) is 5.98. The van der Waals surface area contributed by atoms with Gasteiger partial charge in [0, 0.05) is 41.8 Å². The van der Waals surface area contributed by atoms with Crippen LogP contribution in [0, 0.1) is 23.2 Å². The lowest BCUT2D eigenvalue weighted by molar-refractivity contribution is -0.284. The third-order valence-electron chi connectivity index (χ3n) is 12.7. The van der Waals surface area contributed by atoms with Crippen molar-refractivity contribution >= 4 is 24.7 Å². The van der Waals surface area contributed by atoms with Gasteiger partial charge in [0.15, 0.2) is 0 Å². The number of halogens is 5. The van der Waals surface area contributed by atoms with Gasteiger partial charge in [0.2, 0.25) is 0 Å². The van der Waals surface area contributed by atoms with Crippen LogP contribution < -0.4 is 4.74 Å². The average molecular weight is 814 g/mol. The van der Waals surface area contributed by atoms with Gasteiger partial charge < -0.3 is 24.5 Å². The van der Waals surface area contributed by atoms with Crippen molar-refractivity contribution in [1.29, 1.82) is 0 Å². The zero-order chi connectivity index (χ0) is 39.3. The van der Waals surface area contributed by atoms with Crippen molar-refractivity contribution in [3.63, 3.8) is 0 Å². The van der Waals surface area contributed by atoms with Crippen molar-refractivity contribution < 1.29 is 59.7 Å². The molecule has 0 aromatic heterocycles. The number of ether oxygens (including phenoxy) is 1. The molecule has 1 saturated heterocycles. The molecular formula is C38H57F5NO8PS. The van der Waals surface area contributed by atoms with Gasteiger partial charge in [-0.15, -0.1) is 0 Å². The van der Waals surface area contributed by atoms with E-state index in [1.165, 1.54) is 16.0 Å². The molecule has 3 fully saturated rings. The van der Waals surface area contributed by atoms with E-state index < -0.39 is 55.8 Å². The summed E-state index contributed by atoms with van der Waals surface area (Å²) in [5.41, 5.74) is 2.44. The topological polar surface area (TPSA) is 134 Å². The monoisotopic (exact) mass is 813 g/mol. The highest BCUT2D eigenvalue weighted by Crippen LogP contribution is 2.63. The lowest BCUT2D eigenvalue weighted by atomic mass is 9.52. The van der Waals surface area contributed by atoms with Gasteiger partial charge in [-0.05, 0) is 117 Å². The molecule has 1 amide bonds. The fraction of sp³-hybridized carbons (Fsp3) is 0.816. The van der Waals surface area contributed by atoms with E-state index in [1.807, 2.05) is 12.1 Å². The van der Waals surface area contributed by atoms with E-state index in [0.717, 1.165) is 77.0 Å². The number of alkyl halides is 5. The Morgan fingerprint density at radius 1 is 0.944 bits per heavy atom. The maximum atomic E-state index is 13.1. The number of phosphoric acid groups is 1. The molecule has 308 valence electrons. The number of fused-ring (bicyclic) bond motifs is 5. The van der Waals surface area contributed by atoms with E-state index in [9.17, 15) is 40.6 Å². The smallest absolute Gasteiger partial charge is 0.410 e. The molecule has 7 atom stereocenters. The van der Waals surface area contributed by atoms with Crippen LogP contribution in [-0.2, 0) is 26.3 Å². The number of nitrogens with zero attached hydrogens (tertiary/aromatic N) is 1. The molecule has 1 aromatic carbocycles. The second kappa shape index (κ2) is 18.3. The number of carbonyl (C=O) groups is 1. The van der Waals surface area contributed by atoms with Gasteiger partial charge in [-0.3, -0.25) is 8.73 Å². The van der Waals surface area contributed by atoms with Gasteiger partial charge in [-0.1, -0.05) is 51.5 Å². The number of hydrogen-bond acceptors (Lipinski definition) is 6. The maximum absolute atomic E-state index is 13.1. The minimum atomic E-state index is -5.57. The third kappa shape index (κ3) is 11.1. The zero-order valence-electron chi connectivity index (χ0n) is 31.1. The number of hydrogen-bond donors (Lipinski definition) is 3. The van der Waals surface area contributed by atoms with Crippen LogP contribution in [0.4, 0.5) is 26.7 Å². The van der Waals surface area contributed by atoms with Crippen LogP contribution in [0.25, 0.3) is 0 Å². The van der Waals surface area contributed by atoms with E-state index in [1.54, 1.807) is 0 Å². The summed E-state index contributed by atoms with van der Waals surface area (Å²) in [6.07, 6.45) is 4.32. The molecule has 1 aromatic rings. The minimum Gasteiger partial charge on any atom is -0.410 e. The SMILES string of the molecule is CC12CCC3c4ccc(OC(=O)N5CCC(OP(=O)(O)O)CC5)cc4CC(CCCCCCCCCS(=O)CCCC(F)(F)C(F)(F)F)C3C1CCC2O. The van der Waals surface area contributed by atoms with Gasteiger partial charge in [0.05, 0.1) is 12.2 Å². The molecule has 16 heteroatoms. The normalized spacial score (nSPS) is 28.3. The fourth-order valence-electron chi connectivity index (χ4n) is 9.84. The van der Waals surface area contributed by atoms with Crippen molar-refractivity contribution in [2.24, 2.45) is 23.2 Å². The Hall–Kier alpha value is -1.64. The van der Waals surface area contributed by atoms with E-state index in [4.69, 9.17) is 19.0 Å². The van der Waals surface area contributed by atoms with Crippen LogP contribution in [0.2, 0.25) is 0 Å². The van der Waals surface area contributed by atoms with Crippen molar-refractivity contribution in [2.45, 2.75) is 146 Å². The Morgan fingerprint density at radius 3 is 2.26 bits per heavy atom. The number of amides is 1. The van der Waals surface area contributed by atoms with E-state index >= 15 is 0 Å². The van der Waals surface area contributed by atoms with Gasteiger partial charge in [-0.2, -0.15) is 22.0 Å². The van der Waals surface area contributed by atoms with Crippen LogP contribution in [0.5, 0.6) is 5.75 Å². The lowest BCUT2D eigenvalue weighted by Gasteiger charge is -2.53. The fourth-order valence-corrected chi connectivity index (χ4v) is 11.6.